The van der Waals surface area contributed by atoms with Crippen LogP contribution in [0.4, 0.5) is 44.0 Å². The van der Waals surface area contributed by atoms with Crippen molar-refractivity contribution in [1.29, 1.82) is 0 Å². The van der Waals surface area contributed by atoms with Gasteiger partial charge in [-0.25, -0.2) is 0 Å². The first-order valence-corrected chi connectivity index (χ1v) is 10.4. The molecule has 0 aliphatic heterocycles. The minimum Gasteiger partial charge on any atom is -0.490 e. The van der Waals surface area contributed by atoms with Gasteiger partial charge in [0.1, 0.15) is 17.3 Å². The van der Waals surface area contributed by atoms with Crippen LogP contribution in [0.2, 0.25) is 0 Å². The van der Waals surface area contributed by atoms with Crippen LogP contribution in [0, 0.1) is 10.1 Å². The van der Waals surface area contributed by atoms with Crippen LogP contribution in [0.15, 0.2) is 47.4 Å². The second kappa shape index (κ2) is 7.44. The molecule has 33 heavy (non-hydrogen) atoms. The Hall–Kier alpha value is -3.14. The number of carbonyl (C=O) groups excluding carboxylic acids is 1. The molecule has 0 aliphatic carbocycles. The Bertz CT molecular complexity index is 1090. The molecule has 1 amide bonds. The normalized spacial score (nSPS) is 16.2. The third kappa shape index (κ3) is 6.67. The van der Waals surface area contributed by atoms with Gasteiger partial charge in [0.2, 0.25) is 0 Å². The maximum absolute atomic E-state index is 13.2. The lowest BCUT2D eigenvalue weighted by atomic mass is 10.1. The number of alkyl halides is 3. The van der Waals surface area contributed by atoms with Crippen molar-refractivity contribution in [2.45, 2.75) is 23.6 Å². The second-order valence-electron chi connectivity index (χ2n) is 6.94. The highest BCUT2D eigenvalue weighted by molar-refractivity contribution is 8.45. The zero-order valence-electron chi connectivity index (χ0n) is 16.2. The van der Waals surface area contributed by atoms with Gasteiger partial charge >= 0.3 is 16.4 Å². The SMILES string of the molecule is CC(O)(COc1ccc(S(F)(F)(F)(F)F)cc1)C(=O)Nc1ccc([N+](=O)[O-])cc1C(F)(F)F. The highest BCUT2D eigenvalue weighted by Gasteiger charge is 2.65. The van der Waals surface area contributed by atoms with Gasteiger partial charge in [-0.05, 0) is 37.3 Å². The first-order valence-electron chi connectivity index (χ1n) is 8.46. The van der Waals surface area contributed by atoms with Gasteiger partial charge in [0.25, 0.3) is 11.6 Å². The summed E-state index contributed by atoms with van der Waals surface area (Å²) in [6.07, 6.45) is -5.11. The van der Waals surface area contributed by atoms with Crippen LogP contribution in [-0.2, 0) is 11.0 Å². The topological polar surface area (TPSA) is 102 Å². The van der Waals surface area contributed by atoms with E-state index in [2.05, 4.69) is 0 Å². The average Bonchev–Trinajstić information content (AvgIpc) is 2.64. The summed E-state index contributed by atoms with van der Waals surface area (Å²) in [5.74, 6) is -1.91. The van der Waals surface area contributed by atoms with E-state index in [4.69, 9.17) is 4.74 Å². The fourth-order valence-electron chi connectivity index (χ4n) is 2.33. The van der Waals surface area contributed by atoms with Crippen molar-refractivity contribution in [3.63, 3.8) is 0 Å². The Labute approximate surface area is 179 Å². The van der Waals surface area contributed by atoms with E-state index in [9.17, 15) is 52.6 Å². The Morgan fingerprint density at radius 2 is 1.64 bits per heavy atom. The molecule has 7 nitrogen and oxygen atoms in total. The summed E-state index contributed by atoms with van der Waals surface area (Å²) in [6, 6.07) is 2.49. The Morgan fingerprint density at radius 1 is 1.09 bits per heavy atom. The minimum atomic E-state index is -9.92. The molecule has 0 heterocycles. The number of nitro benzene ring substituents is 1. The number of amides is 1. The highest BCUT2D eigenvalue weighted by atomic mass is 32.5. The standard InChI is InChI=1S/C17H14F8N2O5S/c1-16(29,9-32-11-3-5-12(6-4-11)33(21,22,23,24)25)15(28)26-14-7-2-10(27(30)31)8-13(14)17(18,19)20/h2-8,29H,9H2,1H3,(H,26,28). The number of hydrogen-bond acceptors (Lipinski definition) is 5. The molecule has 184 valence electrons. The number of ether oxygens (including phenoxy) is 1. The van der Waals surface area contributed by atoms with E-state index in [1.807, 2.05) is 0 Å². The predicted molar refractivity (Wildman–Crippen MR) is 101 cm³/mol. The van der Waals surface area contributed by atoms with E-state index in [-0.39, 0.29) is 18.2 Å². The maximum Gasteiger partial charge on any atom is 0.418 e. The number of halogens is 8. The molecule has 1 unspecified atom stereocenters. The van der Waals surface area contributed by atoms with Crippen molar-refractivity contribution in [2.75, 3.05) is 11.9 Å². The third-order valence-electron chi connectivity index (χ3n) is 4.05. The summed E-state index contributed by atoms with van der Waals surface area (Å²) in [5, 5.41) is 22.6. The van der Waals surface area contributed by atoms with Gasteiger partial charge in [-0.3, -0.25) is 14.9 Å². The van der Waals surface area contributed by atoms with Gasteiger partial charge in [0.05, 0.1) is 16.2 Å². The summed E-state index contributed by atoms with van der Waals surface area (Å²) in [7, 11) is -9.92. The number of non-ortho nitro benzene ring substituents is 1. The molecular weight excluding hydrogens is 496 g/mol. The molecule has 2 aromatic rings. The number of nitrogens with one attached hydrogen (secondary N) is 1. The van der Waals surface area contributed by atoms with Crippen molar-refractivity contribution >= 4 is 27.5 Å². The molecule has 0 bridgehead atoms. The number of hydrogen-bond donors (Lipinski definition) is 2. The molecule has 0 aliphatic rings. The Kier molecular flexibility index (Phi) is 5.89. The van der Waals surface area contributed by atoms with E-state index in [0.717, 1.165) is 6.92 Å². The van der Waals surface area contributed by atoms with E-state index >= 15 is 0 Å². The summed E-state index contributed by atoms with van der Waals surface area (Å²) in [5.41, 5.74) is -5.96. The number of nitrogens with zero attached hydrogens (tertiary/aromatic N) is 1. The summed E-state index contributed by atoms with van der Waals surface area (Å²) in [4.78, 5) is 19.6. The molecule has 16 heteroatoms. The third-order valence-corrected chi connectivity index (χ3v) is 5.21. The van der Waals surface area contributed by atoms with Crippen molar-refractivity contribution in [2.24, 2.45) is 0 Å². The fourth-order valence-corrected chi connectivity index (χ4v) is 2.98. The van der Waals surface area contributed by atoms with Crippen molar-refractivity contribution in [1.82, 2.24) is 0 Å². The molecule has 2 N–H and O–H groups in total. The van der Waals surface area contributed by atoms with Crippen molar-refractivity contribution in [3.05, 3.63) is 58.1 Å². The first-order chi connectivity index (χ1) is 14.6. The van der Waals surface area contributed by atoms with Crippen LogP contribution in [0.3, 0.4) is 0 Å². The average molecular weight is 510 g/mol. The molecule has 0 radical (unpaired) electrons. The number of benzene rings is 2. The maximum atomic E-state index is 13.2. The van der Waals surface area contributed by atoms with Crippen LogP contribution in [-0.4, -0.2) is 28.1 Å². The summed E-state index contributed by atoms with van der Waals surface area (Å²) < 4.78 is 108. The van der Waals surface area contributed by atoms with Gasteiger partial charge in [-0.15, -0.1) is 0 Å². The van der Waals surface area contributed by atoms with E-state index < -0.39 is 67.0 Å². The van der Waals surface area contributed by atoms with Gasteiger partial charge in [0, 0.05) is 12.1 Å². The number of rotatable bonds is 7. The first kappa shape index (κ1) is 26.1. The second-order valence-corrected chi connectivity index (χ2v) is 9.35. The van der Waals surface area contributed by atoms with Crippen LogP contribution < -0.4 is 10.1 Å². The number of anilines is 1. The van der Waals surface area contributed by atoms with Crippen molar-refractivity contribution < 1.29 is 52.2 Å². The zero-order valence-corrected chi connectivity index (χ0v) is 17.0. The summed E-state index contributed by atoms with van der Waals surface area (Å²) >= 11 is 0. The molecule has 0 saturated carbocycles. The zero-order chi connectivity index (χ0) is 25.5. The van der Waals surface area contributed by atoms with E-state index in [0.29, 0.717) is 24.3 Å². The minimum absolute atomic E-state index is 0.0259. The van der Waals surface area contributed by atoms with Gasteiger partial charge in [-0.1, -0.05) is 19.4 Å². The smallest absolute Gasteiger partial charge is 0.418 e. The van der Waals surface area contributed by atoms with Gasteiger partial charge in [-0.2, -0.15) is 13.2 Å². The van der Waals surface area contributed by atoms with Crippen molar-refractivity contribution in [3.8, 4) is 5.75 Å². The monoisotopic (exact) mass is 510 g/mol. The lowest BCUT2D eigenvalue weighted by Crippen LogP contribution is -2.45. The lowest BCUT2D eigenvalue weighted by Gasteiger charge is -2.40. The molecule has 0 aromatic heterocycles. The summed E-state index contributed by atoms with van der Waals surface area (Å²) in [6.45, 7) is -0.201. The van der Waals surface area contributed by atoms with Gasteiger partial charge < -0.3 is 15.2 Å². The Balaban J connectivity index is 2.17. The highest BCUT2D eigenvalue weighted by Crippen LogP contribution is 3.02. The molecule has 2 rings (SSSR count). The molecular formula is C17H14F8N2O5S. The Morgan fingerprint density at radius 3 is 2.09 bits per heavy atom. The quantitative estimate of drug-likeness (QED) is 0.269. The van der Waals surface area contributed by atoms with Crippen LogP contribution in [0.1, 0.15) is 12.5 Å². The van der Waals surface area contributed by atoms with Crippen LogP contribution >= 0.6 is 10.2 Å². The molecule has 1 atom stereocenters. The molecule has 0 fully saturated rings. The number of nitro groups is 1. The number of carbonyl (C=O) groups is 1. The number of aliphatic hydroxyl groups is 1. The molecule has 2 aromatic carbocycles. The molecule has 0 saturated heterocycles. The lowest BCUT2D eigenvalue weighted by molar-refractivity contribution is -0.385. The van der Waals surface area contributed by atoms with E-state index in [1.54, 1.807) is 5.32 Å². The van der Waals surface area contributed by atoms with Crippen LogP contribution in [0.5, 0.6) is 5.75 Å². The predicted octanol–water partition coefficient (Wildman–Crippen LogP) is 6.04. The van der Waals surface area contributed by atoms with Gasteiger partial charge in [0.15, 0.2) is 5.60 Å². The van der Waals surface area contributed by atoms with E-state index in [1.165, 1.54) is 0 Å². The fraction of sp³-hybridized carbons (Fsp3) is 0.235. The largest absolute Gasteiger partial charge is 0.490 e. The molecule has 0 spiro atoms. The van der Waals surface area contributed by atoms with Crippen LogP contribution in [0.25, 0.3) is 0 Å².